The number of halogens is 3. The molecule has 36 heavy (non-hydrogen) atoms. The maximum absolute atomic E-state index is 13.4. The van der Waals surface area contributed by atoms with E-state index in [4.69, 9.17) is 4.74 Å². The maximum atomic E-state index is 13.4. The molecule has 0 saturated carbocycles. The Morgan fingerprint density at radius 2 is 1.67 bits per heavy atom. The van der Waals surface area contributed by atoms with E-state index >= 15 is 0 Å². The lowest BCUT2D eigenvalue weighted by Crippen LogP contribution is -2.29. The summed E-state index contributed by atoms with van der Waals surface area (Å²) in [6.07, 6.45) is -4.78. The number of rotatable bonds is 5. The van der Waals surface area contributed by atoms with Crippen LogP contribution in [0.15, 0.2) is 78.4 Å². The molecule has 1 aliphatic heterocycles. The monoisotopic (exact) mass is 495 g/mol. The van der Waals surface area contributed by atoms with E-state index in [1.807, 2.05) is 26.8 Å². The molecule has 186 valence electrons. The lowest BCUT2D eigenvalue weighted by Gasteiger charge is -2.26. The molecule has 0 radical (unpaired) electrons. The van der Waals surface area contributed by atoms with Gasteiger partial charge in [0, 0.05) is 11.3 Å². The van der Waals surface area contributed by atoms with Crippen LogP contribution in [0.4, 0.5) is 18.9 Å². The number of alkyl halides is 3. The average Bonchev–Trinajstić information content (AvgIpc) is 3.08. The van der Waals surface area contributed by atoms with Crippen molar-refractivity contribution in [1.82, 2.24) is 0 Å². The number of ether oxygens (including phenoxy) is 1. The molecule has 3 aromatic rings. The number of carbonyl (C=O) groups is 2. The highest BCUT2D eigenvalue weighted by Crippen LogP contribution is 2.43. The number of aryl methyl sites for hydroxylation is 1. The highest BCUT2D eigenvalue weighted by Gasteiger charge is 2.47. The first kappa shape index (κ1) is 25.0. The van der Waals surface area contributed by atoms with Gasteiger partial charge in [0.15, 0.2) is 0 Å². The molecule has 1 saturated heterocycles. The summed E-state index contributed by atoms with van der Waals surface area (Å²) in [5, 5.41) is 11.3. The summed E-state index contributed by atoms with van der Waals surface area (Å²) in [4.78, 5) is 27.5. The summed E-state index contributed by atoms with van der Waals surface area (Å²) in [6, 6.07) is 16.4. The molecule has 4 rings (SSSR count). The summed E-state index contributed by atoms with van der Waals surface area (Å²) >= 11 is 0. The average molecular weight is 495 g/mol. The van der Waals surface area contributed by atoms with Crippen LogP contribution in [-0.4, -0.2) is 22.9 Å². The molecule has 5 nitrogen and oxygen atoms in total. The van der Waals surface area contributed by atoms with Crippen LogP contribution in [0.3, 0.4) is 0 Å². The van der Waals surface area contributed by atoms with Gasteiger partial charge in [-0.15, -0.1) is 0 Å². The molecule has 1 N–H and O–H groups in total. The predicted octanol–water partition coefficient (Wildman–Crippen LogP) is 6.43. The molecule has 1 aliphatic rings. The van der Waals surface area contributed by atoms with Gasteiger partial charge >= 0.3 is 6.18 Å². The Morgan fingerprint density at radius 1 is 0.972 bits per heavy atom. The molecule has 0 aromatic heterocycles. The quantitative estimate of drug-likeness (QED) is 0.252. The molecule has 1 fully saturated rings. The van der Waals surface area contributed by atoms with Crippen LogP contribution < -0.4 is 9.64 Å². The summed E-state index contributed by atoms with van der Waals surface area (Å²) in [5.74, 6) is -2.01. The third-order valence-electron chi connectivity index (χ3n) is 5.73. The van der Waals surface area contributed by atoms with Crippen molar-refractivity contribution in [2.24, 2.45) is 0 Å². The van der Waals surface area contributed by atoms with Gasteiger partial charge in [-0.1, -0.05) is 48.0 Å². The fourth-order valence-electron chi connectivity index (χ4n) is 4.23. The lowest BCUT2D eigenvalue weighted by molar-refractivity contribution is -0.137. The first-order valence-electron chi connectivity index (χ1n) is 11.3. The van der Waals surface area contributed by atoms with Crippen LogP contribution in [0.1, 0.15) is 42.1 Å². The largest absolute Gasteiger partial charge is 0.507 e. The Morgan fingerprint density at radius 3 is 2.33 bits per heavy atom. The second-order valence-corrected chi connectivity index (χ2v) is 8.83. The van der Waals surface area contributed by atoms with Gasteiger partial charge in [0.25, 0.3) is 11.7 Å². The first-order valence-corrected chi connectivity index (χ1v) is 11.3. The van der Waals surface area contributed by atoms with Gasteiger partial charge in [0.05, 0.1) is 23.3 Å². The van der Waals surface area contributed by atoms with Crippen LogP contribution in [0.5, 0.6) is 5.75 Å². The second-order valence-electron chi connectivity index (χ2n) is 8.83. The zero-order valence-electron chi connectivity index (χ0n) is 19.8. The van der Waals surface area contributed by atoms with Crippen LogP contribution in [0.2, 0.25) is 0 Å². The number of hydrogen-bond acceptors (Lipinski definition) is 4. The highest BCUT2D eigenvalue weighted by atomic mass is 19.4. The number of amides is 1. The van der Waals surface area contributed by atoms with Crippen molar-refractivity contribution in [2.45, 2.75) is 39.1 Å². The Bertz CT molecular complexity index is 1360. The molecular formula is C28H24F3NO4. The van der Waals surface area contributed by atoms with Gasteiger partial charge in [-0.05, 0) is 56.7 Å². The zero-order valence-corrected chi connectivity index (χ0v) is 19.8. The van der Waals surface area contributed by atoms with Crippen molar-refractivity contribution < 1.29 is 32.6 Å². The highest BCUT2D eigenvalue weighted by molar-refractivity contribution is 6.51. The number of aliphatic hydroxyl groups excluding tert-OH is 1. The molecule has 0 aliphatic carbocycles. The van der Waals surface area contributed by atoms with Crippen molar-refractivity contribution >= 4 is 23.1 Å². The van der Waals surface area contributed by atoms with E-state index in [1.54, 1.807) is 42.5 Å². The predicted molar refractivity (Wildman–Crippen MR) is 130 cm³/mol. The van der Waals surface area contributed by atoms with Crippen LogP contribution in [-0.2, 0) is 15.8 Å². The van der Waals surface area contributed by atoms with Crippen molar-refractivity contribution in [1.29, 1.82) is 0 Å². The fourth-order valence-corrected chi connectivity index (χ4v) is 4.23. The standard InChI is InChI=1S/C28H24F3NO4/c1-16(2)36-22-12-5-9-19(14-22)25(33)23-24(18-8-4-7-17(3)13-18)32(27(35)26(23)34)21-11-6-10-20(15-21)28(29,30)31/h4-16,24,33H,1-3H3/b25-23+. The van der Waals surface area contributed by atoms with E-state index in [0.29, 0.717) is 11.3 Å². The third-order valence-corrected chi connectivity index (χ3v) is 5.73. The van der Waals surface area contributed by atoms with E-state index < -0.39 is 35.2 Å². The third kappa shape index (κ3) is 4.84. The minimum Gasteiger partial charge on any atom is -0.507 e. The summed E-state index contributed by atoms with van der Waals surface area (Å²) < 4.78 is 45.9. The lowest BCUT2D eigenvalue weighted by atomic mass is 9.94. The molecular weight excluding hydrogens is 471 g/mol. The van der Waals surface area contributed by atoms with Crippen molar-refractivity contribution in [3.63, 3.8) is 0 Å². The Labute approximate surface area is 206 Å². The maximum Gasteiger partial charge on any atom is 0.416 e. The topological polar surface area (TPSA) is 66.8 Å². The van der Waals surface area contributed by atoms with E-state index in [0.717, 1.165) is 22.6 Å². The van der Waals surface area contributed by atoms with E-state index in [1.165, 1.54) is 12.1 Å². The van der Waals surface area contributed by atoms with Gasteiger partial charge < -0.3 is 9.84 Å². The minimum atomic E-state index is -4.64. The molecule has 0 spiro atoms. The molecule has 8 heteroatoms. The number of hydrogen-bond donors (Lipinski definition) is 1. The molecule has 1 heterocycles. The summed E-state index contributed by atoms with van der Waals surface area (Å²) in [6.45, 7) is 5.49. The molecule has 1 amide bonds. The summed E-state index contributed by atoms with van der Waals surface area (Å²) in [5.41, 5.74) is 0.257. The Kier molecular flexibility index (Phi) is 6.63. The number of nitrogens with zero attached hydrogens (tertiary/aromatic N) is 1. The smallest absolute Gasteiger partial charge is 0.416 e. The van der Waals surface area contributed by atoms with Crippen LogP contribution >= 0.6 is 0 Å². The molecule has 1 unspecified atom stereocenters. The van der Waals surface area contributed by atoms with Gasteiger partial charge in [0.1, 0.15) is 11.5 Å². The zero-order chi connectivity index (χ0) is 26.2. The Hall–Kier alpha value is -4.07. The SMILES string of the molecule is Cc1cccc(C2/C(=C(\O)c3cccc(OC(C)C)c3)C(=O)C(=O)N2c2cccc(C(F)(F)F)c2)c1. The van der Waals surface area contributed by atoms with Crippen LogP contribution in [0, 0.1) is 6.92 Å². The number of benzene rings is 3. The van der Waals surface area contributed by atoms with Crippen molar-refractivity contribution in [3.05, 3.63) is 101 Å². The fraction of sp³-hybridized carbons (Fsp3) is 0.214. The van der Waals surface area contributed by atoms with Gasteiger partial charge in [0.2, 0.25) is 0 Å². The van der Waals surface area contributed by atoms with Crippen molar-refractivity contribution in [3.8, 4) is 5.75 Å². The second kappa shape index (κ2) is 9.53. The summed E-state index contributed by atoms with van der Waals surface area (Å²) in [7, 11) is 0. The van der Waals surface area contributed by atoms with Gasteiger partial charge in [-0.2, -0.15) is 13.2 Å². The molecule has 1 atom stereocenters. The number of ketones is 1. The number of anilines is 1. The molecule has 0 bridgehead atoms. The number of carbonyl (C=O) groups excluding carboxylic acids is 2. The van der Waals surface area contributed by atoms with Gasteiger partial charge in [-0.25, -0.2) is 0 Å². The van der Waals surface area contributed by atoms with E-state index in [2.05, 4.69) is 0 Å². The van der Waals surface area contributed by atoms with Crippen LogP contribution in [0.25, 0.3) is 5.76 Å². The molecule has 3 aromatic carbocycles. The van der Waals surface area contributed by atoms with E-state index in [-0.39, 0.29) is 22.9 Å². The minimum absolute atomic E-state index is 0.102. The van der Waals surface area contributed by atoms with E-state index in [9.17, 15) is 27.9 Å². The normalized spacial score (nSPS) is 17.6. The number of aliphatic hydroxyl groups is 1. The Balaban J connectivity index is 1.93. The first-order chi connectivity index (χ1) is 17.0. The number of Topliss-reactive ketones (excluding diaryl/α,β-unsaturated/α-hetero) is 1. The van der Waals surface area contributed by atoms with Crippen molar-refractivity contribution in [2.75, 3.05) is 4.90 Å². The van der Waals surface area contributed by atoms with Gasteiger partial charge in [-0.3, -0.25) is 14.5 Å².